The van der Waals surface area contributed by atoms with Gasteiger partial charge in [0.2, 0.25) is 0 Å². The van der Waals surface area contributed by atoms with Crippen molar-refractivity contribution >= 4 is 11.9 Å². The van der Waals surface area contributed by atoms with Crippen LogP contribution in [0.25, 0.3) is 0 Å². The normalized spacial score (nSPS) is 8.67. The van der Waals surface area contributed by atoms with Gasteiger partial charge >= 0.3 is 6.09 Å². The summed E-state index contributed by atoms with van der Waals surface area (Å²) in [4.78, 5) is 20.5. The van der Waals surface area contributed by atoms with Gasteiger partial charge in [-0.15, -0.1) is 0 Å². The molecule has 0 atom stereocenters. The Bertz CT molecular complexity index is 222. The minimum Gasteiger partial charge on any atom is -0.444 e. The molecule has 130 valence electrons. The monoisotopic (exact) mass is 306 g/mol. The maximum absolute atomic E-state index is 10.5. The average molecular weight is 306 g/mol. The number of hydrogen-bond donors (Lipinski definition) is 2. The fourth-order valence-electron chi connectivity index (χ4n) is 0.578. The third kappa shape index (κ3) is 55.1. The summed E-state index contributed by atoms with van der Waals surface area (Å²) in [6.07, 6.45) is 2.25. The second kappa shape index (κ2) is 21.2. The molecule has 0 spiro atoms. The van der Waals surface area contributed by atoms with Gasteiger partial charge in [0.15, 0.2) is 0 Å². The minimum absolute atomic E-state index is 0.178. The minimum atomic E-state index is -0.389. The van der Waals surface area contributed by atoms with Crippen molar-refractivity contribution < 1.29 is 14.3 Å². The van der Waals surface area contributed by atoms with Gasteiger partial charge in [-0.25, -0.2) is 4.79 Å². The lowest BCUT2D eigenvalue weighted by Crippen LogP contribution is -2.30. The van der Waals surface area contributed by atoms with Crippen LogP contribution in [0.15, 0.2) is 0 Å². The Morgan fingerprint density at radius 2 is 1.38 bits per heavy atom. The number of unbranched alkanes of at least 4 members (excludes halogenated alkanes) is 1. The van der Waals surface area contributed by atoms with Gasteiger partial charge in [-0.2, -0.15) is 0 Å². The summed E-state index contributed by atoms with van der Waals surface area (Å²) in [6.45, 7) is 15.9. The quantitative estimate of drug-likeness (QED) is 0.833. The van der Waals surface area contributed by atoms with Crippen molar-refractivity contribution in [2.24, 2.45) is 0 Å². The van der Waals surface area contributed by atoms with Gasteiger partial charge < -0.3 is 15.4 Å². The van der Waals surface area contributed by atoms with Crippen LogP contribution in [0.1, 0.15) is 68.2 Å². The summed E-state index contributed by atoms with van der Waals surface area (Å²) in [5.74, 6) is 0.178. The first kappa shape index (κ1) is 28.1. The number of rotatable bonds is 3. The molecule has 21 heavy (non-hydrogen) atoms. The average Bonchev–Trinajstić information content (AvgIpc) is 2.40. The number of ether oxygens (including phenoxy) is 1. The molecule has 0 saturated heterocycles. The highest BCUT2D eigenvalue weighted by molar-refractivity contribution is 5.77. The maximum atomic E-state index is 10.5. The first-order valence-electron chi connectivity index (χ1n) is 7.69. The molecule has 5 nitrogen and oxygen atoms in total. The van der Waals surface area contributed by atoms with Crippen molar-refractivity contribution in [3.63, 3.8) is 0 Å². The molecule has 0 aliphatic carbocycles. The maximum Gasteiger partial charge on any atom is 0.407 e. The predicted molar refractivity (Wildman–Crippen MR) is 91.8 cm³/mol. The van der Waals surface area contributed by atoms with E-state index in [0.717, 1.165) is 0 Å². The van der Waals surface area contributed by atoms with Crippen LogP contribution >= 0.6 is 0 Å². The van der Waals surface area contributed by atoms with Crippen molar-refractivity contribution in [3.8, 4) is 0 Å². The van der Waals surface area contributed by atoms with E-state index >= 15 is 0 Å². The number of nitrogens with one attached hydrogen (secondary N) is 2. The van der Waals surface area contributed by atoms with E-state index in [2.05, 4.69) is 24.5 Å². The second-order valence-corrected chi connectivity index (χ2v) is 4.98. The van der Waals surface area contributed by atoms with E-state index in [1.807, 2.05) is 34.6 Å². The highest BCUT2D eigenvalue weighted by Crippen LogP contribution is 2.05. The van der Waals surface area contributed by atoms with Crippen LogP contribution in [0.5, 0.6) is 0 Å². The van der Waals surface area contributed by atoms with E-state index in [4.69, 9.17) is 4.74 Å². The van der Waals surface area contributed by atoms with E-state index in [9.17, 15) is 9.59 Å². The highest BCUT2D eigenvalue weighted by atomic mass is 16.6. The zero-order chi connectivity index (χ0) is 17.9. The summed E-state index contributed by atoms with van der Waals surface area (Å²) in [5, 5.41) is 5.08. The lowest BCUT2D eigenvalue weighted by molar-refractivity contribution is -0.116. The molecule has 1 amide bonds. The molecular formula is C16H38N2O3. The molecule has 5 heteroatoms. The van der Waals surface area contributed by atoms with Crippen LogP contribution < -0.4 is 10.6 Å². The van der Waals surface area contributed by atoms with Gasteiger partial charge in [-0.3, -0.25) is 4.79 Å². The molecule has 0 aromatic rings. The summed E-state index contributed by atoms with van der Waals surface area (Å²) in [7, 11) is 3.29. The van der Waals surface area contributed by atoms with Gasteiger partial charge in [-0.1, -0.05) is 40.5 Å². The Morgan fingerprint density at radius 3 is 1.43 bits per heavy atom. The van der Waals surface area contributed by atoms with Crippen molar-refractivity contribution in [1.82, 2.24) is 10.6 Å². The Balaban J connectivity index is -0.000000104. The van der Waals surface area contributed by atoms with Gasteiger partial charge in [0.1, 0.15) is 11.4 Å². The van der Waals surface area contributed by atoms with E-state index in [1.165, 1.54) is 19.9 Å². The van der Waals surface area contributed by atoms with Gasteiger partial charge in [-0.05, 0) is 34.7 Å². The summed E-state index contributed by atoms with van der Waals surface area (Å²) < 4.78 is 4.84. The smallest absolute Gasteiger partial charge is 0.407 e. The number of Topliss-reactive ketones (excluding diaryl/α,β-unsaturated/α-hetero) is 1. The lowest BCUT2D eigenvalue weighted by atomic mass is 10.2. The molecule has 0 aromatic heterocycles. The van der Waals surface area contributed by atoms with Crippen molar-refractivity contribution in [1.29, 1.82) is 0 Å². The molecule has 0 aliphatic heterocycles. The number of ketones is 1. The van der Waals surface area contributed by atoms with Crippen molar-refractivity contribution in [2.45, 2.75) is 73.8 Å². The molecule has 0 aliphatic rings. The first-order chi connectivity index (χ1) is 9.64. The molecule has 0 unspecified atom stereocenters. The van der Waals surface area contributed by atoms with Crippen molar-refractivity contribution in [2.75, 3.05) is 20.6 Å². The summed E-state index contributed by atoms with van der Waals surface area (Å²) >= 11 is 0. The summed E-state index contributed by atoms with van der Waals surface area (Å²) in [5.41, 5.74) is -0.389. The number of carbonyl (C=O) groups is 2. The molecule has 0 heterocycles. The van der Waals surface area contributed by atoms with Crippen LogP contribution in [0, 0.1) is 0 Å². The number of carbonyl (C=O) groups excluding carboxylic acids is 2. The lowest BCUT2D eigenvalue weighted by Gasteiger charge is -2.18. The number of amides is 1. The van der Waals surface area contributed by atoms with Crippen LogP contribution in [-0.4, -0.2) is 38.1 Å². The zero-order valence-electron chi connectivity index (χ0n) is 15.8. The van der Waals surface area contributed by atoms with Crippen LogP contribution in [0.4, 0.5) is 4.79 Å². The summed E-state index contributed by atoms with van der Waals surface area (Å²) in [6, 6.07) is 0. The fraction of sp³-hybridized carbons (Fsp3) is 0.875. The zero-order valence-corrected chi connectivity index (χ0v) is 15.8. The number of alkyl carbamates (subject to hydrolysis) is 1. The topological polar surface area (TPSA) is 67.4 Å². The standard InChI is InChI=1S/C6H13NO2.C4H9NO.C4H10.C2H6/c1-6(2,3)9-5(8)7-4;1-4(6)3-5-2;1-3-4-2;1-2/h1-4H3,(H,7,8);5H,3H2,1-2H3;3-4H2,1-2H3;1-2H3. The molecule has 0 fully saturated rings. The Morgan fingerprint density at radius 1 is 1.00 bits per heavy atom. The van der Waals surface area contributed by atoms with E-state index in [0.29, 0.717) is 6.54 Å². The van der Waals surface area contributed by atoms with Crippen molar-refractivity contribution in [3.05, 3.63) is 0 Å². The fourth-order valence-corrected chi connectivity index (χ4v) is 0.578. The number of hydrogen-bond acceptors (Lipinski definition) is 4. The Labute approximate surface area is 132 Å². The molecule has 2 N–H and O–H groups in total. The third-order valence-corrected chi connectivity index (χ3v) is 1.53. The Hall–Kier alpha value is -1.10. The molecule has 0 saturated carbocycles. The van der Waals surface area contributed by atoms with E-state index in [-0.39, 0.29) is 17.5 Å². The van der Waals surface area contributed by atoms with Crippen LogP contribution in [0.3, 0.4) is 0 Å². The van der Waals surface area contributed by atoms with Gasteiger partial charge in [0.05, 0.1) is 6.54 Å². The van der Waals surface area contributed by atoms with E-state index in [1.54, 1.807) is 14.0 Å². The third-order valence-electron chi connectivity index (χ3n) is 1.53. The van der Waals surface area contributed by atoms with Gasteiger partial charge in [0, 0.05) is 7.05 Å². The van der Waals surface area contributed by atoms with Crippen LogP contribution in [0.2, 0.25) is 0 Å². The SMILES string of the molecule is CC.CCCC.CNC(=O)OC(C)(C)C.CNCC(C)=O. The molecule has 0 bridgehead atoms. The number of likely N-dealkylation sites (N-methyl/N-ethyl adjacent to an activating group) is 1. The molecule has 0 aromatic carbocycles. The predicted octanol–water partition coefficient (Wildman–Crippen LogP) is 3.77. The molecule has 0 rings (SSSR count). The Kier molecular flexibility index (Phi) is 28.4. The molecule has 0 radical (unpaired) electrons. The molecular weight excluding hydrogens is 268 g/mol. The van der Waals surface area contributed by atoms with Gasteiger partial charge in [0.25, 0.3) is 0 Å². The largest absolute Gasteiger partial charge is 0.444 e. The second-order valence-electron chi connectivity index (χ2n) is 4.98. The van der Waals surface area contributed by atoms with Crippen LogP contribution in [-0.2, 0) is 9.53 Å². The van der Waals surface area contributed by atoms with E-state index < -0.39 is 0 Å². The highest BCUT2D eigenvalue weighted by Gasteiger charge is 2.13. The first-order valence-corrected chi connectivity index (χ1v) is 7.69.